The van der Waals surface area contributed by atoms with Crippen molar-refractivity contribution in [1.29, 1.82) is 0 Å². The third kappa shape index (κ3) is 11.6. The smallest absolute Gasteiger partial charge is 0.460 e. The van der Waals surface area contributed by atoms with Crippen molar-refractivity contribution in [2.24, 2.45) is 0 Å². The minimum absolute atomic E-state index is 0.00162. The number of hydrogen-bond acceptors (Lipinski definition) is 12. The molecule has 1 aromatic carbocycles. The van der Waals surface area contributed by atoms with E-state index >= 15 is 0 Å². The number of hydroxylamine groups is 2. The number of ether oxygens (including phenoxy) is 3. The zero-order valence-corrected chi connectivity index (χ0v) is 27.8. The summed E-state index contributed by atoms with van der Waals surface area (Å²) in [5.41, 5.74) is -0.489. The Labute approximate surface area is 270 Å². The van der Waals surface area contributed by atoms with Crippen LogP contribution >= 0.6 is 0 Å². The Hall–Kier alpha value is -4.30. The molecule has 3 rings (SSSR count). The zero-order valence-electron chi connectivity index (χ0n) is 27.8. The van der Waals surface area contributed by atoms with Crippen molar-refractivity contribution in [3.63, 3.8) is 0 Å². The normalized spacial score (nSPS) is 14.6. The zero-order chi connectivity index (χ0) is 33.9. The number of nitrogens with one attached hydrogen (secondary N) is 2. The molecule has 252 valence electrons. The summed E-state index contributed by atoms with van der Waals surface area (Å²) >= 11 is 0. The number of carbonyl (C=O) groups is 4. The van der Waals surface area contributed by atoms with Gasteiger partial charge in [0.25, 0.3) is 5.91 Å². The number of methoxy groups -OCH3 is 1. The number of piperazine rings is 1. The van der Waals surface area contributed by atoms with Crippen molar-refractivity contribution in [2.45, 2.75) is 71.6 Å². The lowest BCUT2D eigenvalue weighted by Gasteiger charge is -2.35. The Balaban J connectivity index is 1.85. The van der Waals surface area contributed by atoms with Crippen molar-refractivity contribution in [2.75, 3.05) is 51.8 Å². The molecule has 0 saturated carbocycles. The summed E-state index contributed by atoms with van der Waals surface area (Å²) in [4.78, 5) is 67.7. The fourth-order valence-corrected chi connectivity index (χ4v) is 4.70. The minimum atomic E-state index is -1.06. The average Bonchev–Trinajstić information content (AvgIpc) is 2.98. The molecule has 1 saturated heterocycles. The number of rotatable bonds is 13. The summed E-state index contributed by atoms with van der Waals surface area (Å²) in [6, 6.07) is 9.67. The fourth-order valence-electron chi connectivity index (χ4n) is 4.70. The van der Waals surface area contributed by atoms with E-state index in [1.807, 2.05) is 44.2 Å². The highest BCUT2D eigenvalue weighted by molar-refractivity contribution is 5.97. The number of aromatic nitrogens is 2. The van der Waals surface area contributed by atoms with Gasteiger partial charge in [0.15, 0.2) is 5.82 Å². The molecule has 2 aromatic rings. The molecule has 0 radical (unpaired) electrons. The van der Waals surface area contributed by atoms with Crippen LogP contribution in [0, 0.1) is 0 Å². The van der Waals surface area contributed by atoms with Crippen molar-refractivity contribution in [1.82, 2.24) is 25.2 Å². The van der Waals surface area contributed by atoms with E-state index < -0.39 is 35.2 Å². The SMILES string of the molecule is CCOC(=O)ON1CCN(C(=O)[C@H](CCC(=O)OC(C)(C)C)NC(=O)c2cc(NC(C)(C)COC)nc(-c3ccccc3)n2)CC1. The van der Waals surface area contributed by atoms with E-state index in [-0.39, 0.29) is 57.2 Å². The number of nitrogens with zero attached hydrogens (tertiary/aromatic N) is 4. The number of anilines is 1. The first-order chi connectivity index (χ1) is 21.7. The van der Waals surface area contributed by atoms with E-state index in [4.69, 9.17) is 19.0 Å². The van der Waals surface area contributed by atoms with Gasteiger partial charge >= 0.3 is 12.1 Å². The lowest BCUT2D eigenvalue weighted by atomic mass is 10.1. The second-order valence-electron chi connectivity index (χ2n) is 12.4. The predicted octanol–water partition coefficient (Wildman–Crippen LogP) is 3.43. The largest absolute Gasteiger partial charge is 0.527 e. The van der Waals surface area contributed by atoms with Crippen LogP contribution in [0.5, 0.6) is 0 Å². The van der Waals surface area contributed by atoms with Gasteiger partial charge in [-0.1, -0.05) is 30.3 Å². The molecule has 1 atom stereocenters. The molecule has 14 heteroatoms. The Bertz CT molecular complexity index is 1340. The first kappa shape index (κ1) is 36.2. The molecule has 1 aliphatic rings. The lowest BCUT2D eigenvalue weighted by Crippen LogP contribution is -2.55. The molecule has 2 N–H and O–H groups in total. The molecular weight excluding hydrogens is 596 g/mol. The molecule has 1 aromatic heterocycles. The van der Waals surface area contributed by atoms with Crippen LogP contribution in [-0.4, -0.2) is 108 Å². The van der Waals surface area contributed by atoms with Gasteiger partial charge in [-0.15, -0.1) is 5.06 Å². The maximum atomic E-state index is 13.8. The summed E-state index contributed by atoms with van der Waals surface area (Å²) in [5, 5.41) is 7.52. The van der Waals surface area contributed by atoms with Crippen LogP contribution in [0.2, 0.25) is 0 Å². The highest BCUT2D eigenvalue weighted by Crippen LogP contribution is 2.21. The summed E-state index contributed by atoms with van der Waals surface area (Å²) in [6.45, 7) is 12.3. The second kappa shape index (κ2) is 16.3. The van der Waals surface area contributed by atoms with Gasteiger partial charge in [-0.05, 0) is 48.0 Å². The summed E-state index contributed by atoms with van der Waals surface area (Å²) in [5.74, 6) is -0.773. The van der Waals surface area contributed by atoms with Gasteiger partial charge < -0.3 is 34.6 Å². The van der Waals surface area contributed by atoms with Crippen LogP contribution in [0.25, 0.3) is 11.4 Å². The van der Waals surface area contributed by atoms with Gasteiger partial charge in [-0.25, -0.2) is 14.8 Å². The third-order valence-electron chi connectivity index (χ3n) is 6.64. The van der Waals surface area contributed by atoms with Crippen LogP contribution in [0.4, 0.5) is 10.6 Å². The van der Waals surface area contributed by atoms with Crippen molar-refractivity contribution in [3.05, 3.63) is 42.1 Å². The van der Waals surface area contributed by atoms with Gasteiger partial charge in [0.1, 0.15) is 23.2 Å². The van der Waals surface area contributed by atoms with E-state index in [1.54, 1.807) is 39.7 Å². The molecule has 14 nitrogen and oxygen atoms in total. The summed E-state index contributed by atoms with van der Waals surface area (Å²) < 4.78 is 15.6. The minimum Gasteiger partial charge on any atom is -0.460 e. The number of benzene rings is 1. The fraction of sp³-hybridized carbons (Fsp3) is 0.562. The standard InChI is InChI=1S/C32H46N6O8/c1-8-44-30(42)46-38-18-16-37(17-19-38)29(41)23(14-15-26(39)45-31(2,3)4)34-28(40)24-20-25(36-32(5,6)21-43-7)35-27(33-24)22-12-10-9-11-13-22/h9-13,20,23H,8,14-19,21H2,1-7H3,(H,34,40)(H,33,35,36)/t23-/m0/s1. The van der Waals surface area contributed by atoms with Crippen LogP contribution < -0.4 is 10.6 Å². The monoisotopic (exact) mass is 642 g/mol. The predicted molar refractivity (Wildman–Crippen MR) is 170 cm³/mol. The number of hydrogen-bond donors (Lipinski definition) is 2. The topological polar surface area (TPSA) is 162 Å². The molecule has 0 aliphatic carbocycles. The first-order valence-electron chi connectivity index (χ1n) is 15.3. The van der Waals surface area contributed by atoms with E-state index in [0.29, 0.717) is 23.8 Å². The van der Waals surface area contributed by atoms with Gasteiger partial charge in [-0.3, -0.25) is 14.4 Å². The van der Waals surface area contributed by atoms with E-state index in [1.165, 1.54) is 11.1 Å². The van der Waals surface area contributed by atoms with Gasteiger partial charge in [-0.2, -0.15) is 0 Å². The molecule has 2 heterocycles. The number of esters is 1. The lowest BCUT2D eigenvalue weighted by molar-refractivity contribution is -0.158. The quantitative estimate of drug-likeness (QED) is 0.307. The average molecular weight is 643 g/mol. The maximum absolute atomic E-state index is 13.8. The highest BCUT2D eigenvalue weighted by Gasteiger charge is 2.32. The van der Waals surface area contributed by atoms with E-state index in [9.17, 15) is 19.2 Å². The Morgan fingerprint density at radius 1 is 0.978 bits per heavy atom. The van der Waals surface area contributed by atoms with Crippen LogP contribution in [-0.2, 0) is 28.6 Å². The summed E-state index contributed by atoms with van der Waals surface area (Å²) in [6.07, 6.45) is -0.914. The number of carbonyl (C=O) groups excluding carboxylic acids is 4. The van der Waals surface area contributed by atoms with Crippen LogP contribution in [0.1, 0.15) is 64.9 Å². The molecule has 0 spiro atoms. The Morgan fingerprint density at radius 2 is 1.65 bits per heavy atom. The molecule has 0 unspecified atom stereocenters. The Morgan fingerprint density at radius 3 is 2.26 bits per heavy atom. The van der Waals surface area contributed by atoms with Crippen molar-refractivity contribution < 1.29 is 38.2 Å². The van der Waals surface area contributed by atoms with Crippen molar-refractivity contribution in [3.8, 4) is 11.4 Å². The number of amides is 2. The third-order valence-corrected chi connectivity index (χ3v) is 6.64. The molecule has 0 bridgehead atoms. The first-order valence-corrected chi connectivity index (χ1v) is 15.3. The molecule has 46 heavy (non-hydrogen) atoms. The second-order valence-corrected chi connectivity index (χ2v) is 12.4. The molecule has 2 amide bonds. The van der Waals surface area contributed by atoms with Gasteiger partial charge in [0.2, 0.25) is 5.91 Å². The van der Waals surface area contributed by atoms with E-state index in [0.717, 1.165) is 0 Å². The maximum Gasteiger partial charge on any atom is 0.527 e. The van der Waals surface area contributed by atoms with E-state index in [2.05, 4.69) is 20.6 Å². The van der Waals surface area contributed by atoms with Gasteiger partial charge in [0, 0.05) is 38.2 Å². The molecule has 1 fully saturated rings. The van der Waals surface area contributed by atoms with Crippen LogP contribution in [0.3, 0.4) is 0 Å². The highest BCUT2D eigenvalue weighted by atomic mass is 16.8. The van der Waals surface area contributed by atoms with Gasteiger partial charge in [0.05, 0.1) is 31.8 Å². The van der Waals surface area contributed by atoms with Crippen molar-refractivity contribution >= 4 is 29.8 Å². The summed E-state index contributed by atoms with van der Waals surface area (Å²) in [7, 11) is 1.60. The molecular formula is C32H46N6O8. The Kier molecular flexibility index (Phi) is 12.8. The molecule has 1 aliphatic heterocycles. The van der Waals surface area contributed by atoms with Crippen LogP contribution in [0.15, 0.2) is 36.4 Å².